The van der Waals surface area contributed by atoms with E-state index >= 15 is 0 Å². The predicted octanol–water partition coefficient (Wildman–Crippen LogP) is 4.12. The second-order valence-electron chi connectivity index (χ2n) is 3.50. The third-order valence-corrected chi connectivity index (χ3v) is 3.25. The van der Waals surface area contributed by atoms with E-state index in [2.05, 4.69) is 12.6 Å². The fourth-order valence-electron chi connectivity index (χ4n) is 1.73. The number of carbonyl (C=O) groups is 1. The highest BCUT2D eigenvalue weighted by Crippen LogP contribution is 2.30. The van der Waals surface area contributed by atoms with Crippen molar-refractivity contribution in [2.24, 2.45) is 0 Å². The second-order valence-corrected chi connectivity index (χ2v) is 4.72. The molecular formula is C14H12OS. The molecule has 0 aliphatic carbocycles. The lowest BCUT2D eigenvalue weighted by Gasteiger charge is -2.06. The first-order valence-electron chi connectivity index (χ1n) is 5.05. The normalized spacial score (nSPS) is 10.3. The first kappa shape index (κ1) is 11.0. The summed E-state index contributed by atoms with van der Waals surface area (Å²) in [6.07, 6.45) is 1.84. The molecule has 0 heterocycles. The summed E-state index contributed by atoms with van der Waals surface area (Å²) in [6.45, 7) is 5.38. The molecule has 80 valence electrons. The third-order valence-electron chi connectivity index (χ3n) is 2.39. The first-order chi connectivity index (χ1) is 7.72. The maximum Gasteiger partial charge on any atom is 0.190 e. The number of carbonyl (C=O) groups excluding carboxylic acids is 1. The Labute approximate surface area is 99.2 Å². The molecule has 0 aliphatic rings. The molecule has 2 heteroatoms. The van der Waals surface area contributed by atoms with Crippen LogP contribution in [0, 0.1) is 0 Å². The summed E-state index contributed by atoms with van der Waals surface area (Å²) in [7, 11) is 0. The Morgan fingerprint density at radius 2 is 1.88 bits per heavy atom. The monoisotopic (exact) mass is 228 g/mol. The van der Waals surface area contributed by atoms with E-state index in [1.54, 1.807) is 6.92 Å². The van der Waals surface area contributed by atoms with Gasteiger partial charge in [-0.15, -0.1) is 0 Å². The van der Waals surface area contributed by atoms with E-state index in [-0.39, 0.29) is 5.12 Å². The molecule has 0 saturated heterocycles. The highest BCUT2D eigenvalue weighted by Gasteiger charge is 2.05. The maximum atomic E-state index is 11.2. The van der Waals surface area contributed by atoms with E-state index in [1.807, 2.05) is 36.4 Å². The number of benzene rings is 2. The van der Waals surface area contributed by atoms with Crippen molar-refractivity contribution >= 4 is 33.7 Å². The van der Waals surface area contributed by atoms with E-state index in [4.69, 9.17) is 0 Å². The van der Waals surface area contributed by atoms with Crippen molar-refractivity contribution < 1.29 is 4.79 Å². The van der Waals surface area contributed by atoms with Gasteiger partial charge in [0.1, 0.15) is 0 Å². The Hall–Kier alpha value is -1.54. The quantitative estimate of drug-likeness (QED) is 0.719. The number of thioether (sulfide) groups is 1. The first-order valence-corrected chi connectivity index (χ1v) is 5.86. The van der Waals surface area contributed by atoms with Crippen LogP contribution in [0.2, 0.25) is 0 Å². The van der Waals surface area contributed by atoms with Crippen LogP contribution in [0.3, 0.4) is 0 Å². The SMILES string of the molecule is C=Cc1cccc2c(SC(C)=O)cccc12. The van der Waals surface area contributed by atoms with Crippen molar-refractivity contribution in [3.8, 4) is 0 Å². The Balaban J connectivity index is 2.68. The fourth-order valence-corrected chi connectivity index (χ4v) is 2.47. The fraction of sp³-hybridized carbons (Fsp3) is 0.0714. The van der Waals surface area contributed by atoms with Gasteiger partial charge in [-0.1, -0.05) is 54.7 Å². The van der Waals surface area contributed by atoms with Crippen LogP contribution in [-0.4, -0.2) is 5.12 Å². The molecule has 2 aromatic rings. The van der Waals surface area contributed by atoms with E-state index in [9.17, 15) is 4.79 Å². The zero-order valence-corrected chi connectivity index (χ0v) is 9.88. The maximum absolute atomic E-state index is 11.2. The molecule has 2 aromatic carbocycles. The van der Waals surface area contributed by atoms with Crippen molar-refractivity contribution in [1.29, 1.82) is 0 Å². The molecule has 0 amide bonds. The highest BCUT2D eigenvalue weighted by molar-refractivity contribution is 8.13. The highest BCUT2D eigenvalue weighted by atomic mass is 32.2. The molecular weight excluding hydrogens is 216 g/mol. The van der Waals surface area contributed by atoms with Crippen LogP contribution in [0.1, 0.15) is 12.5 Å². The van der Waals surface area contributed by atoms with Gasteiger partial charge in [0, 0.05) is 11.8 Å². The van der Waals surface area contributed by atoms with Crippen LogP contribution >= 0.6 is 11.8 Å². The van der Waals surface area contributed by atoms with Crippen molar-refractivity contribution in [2.45, 2.75) is 11.8 Å². The van der Waals surface area contributed by atoms with Gasteiger partial charge in [0.05, 0.1) is 0 Å². The largest absolute Gasteiger partial charge is 0.287 e. The van der Waals surface area contributed by atoms with Crippen LogP contribution in [0.4, 0.5) is 0 Å². The van der Waals surface area contributed by atoms with E-state index in [1.165, 1.54) is 11.8 Å². The lowest BCUT2D eigenvalue weighted by atomic mass is 10.0. The van der Waals surface area contributed by atoms with Crippen molar-refractivity contribution in [3.63, 3.8) is 0 Å². The van der Waals surface area contributed by atoms with Gasteiger partial charge in [-0.05, 0) is 22.4 Å². The molecule has 0 atom stereocenters. The van der Waals surface area contributed by atoms with E-state index < -0.39 is 0 Å². The average molecular weight is 228 g/mol. The van der Waals surface area contributed by atoms with Gasteiger partial charge >= 0.3 is 0 Å². The van der Waals surface area contributed by atoms with Gasteiger partial charge in [-0.3, -0.25) is 4.79 Å². The number of fused-ring (bicyclic) bond motifs is 1. The smallest absolute Gasteiger partial charge is 0.190 e. The van der Waals surface area contributed by atoms with Crippen molar-refractivity contribution in [3.05, 3.63) is 48.5 Å². The summed E-state index contributed by atoms with van der Waals surface area (Å²) >= 11 is 1.27. The van der Waals surface area contributed by atoms with Crippen LogP contribution in [0.5, 0.6) is 0 Å². The minimum atomic E-state index is 0.108. The van der Waals surface area contributed by atoms with Crippen LogP contribution < -0.4 is 0 Å². The summed E-state index contributed by atoms with van der Waals surface area (Å²) < 4.78 is 0. The van der Waals surface area contributed by atoms with Crippen molar-refractivity contribution in [1.82, 2.24) is 0 Å². The minimum absolute atomic E-state index is 0.108. The predicted molar refractivity (Wildman–Crippen MR) is 70.6 cm³/mol. The standard InChI is InChI=1S/C14H12OS/c1-3-11-6-4-8-13-12(11)7-5-9-14(13)16-10(2)15/h3-9H,1H2,2H3. The van der Waals surface area contributed by atoms with Gasteiger partial charge in [0.15, 0.2) is 5.12 Å². The van der Waals surface area contributed by atoms with Gasteiger partial charge < -0.3 is 0 Å². The zero-order valence-electron chi connectivity index (χ0n) is 9.07. The van der Waals surface area contributed by atoms with Gasteiger partial charge in [0.2, 0.25) is 0 Å². The molecule has 0 radical (unpaired) electrons. The molecule has 0 fully saturated rings. The molecule has 0 spiro atoms. The van der Waals surface area contributed by atoms with E-state index in [0.29, 0.717) is 0 Å². The average Bonchev–Trinajstić information content (AvgIpc) is 2.28. The Kier molecular flexibility index (Phi) is 3.11. The summed E-state index contributed by atoms with van der Waals surface area (Å²) in [4.78, 5) is 12.2. The number of rotatable bonds is 2. The molecule has 0 N–H and O–H groups in total. The lowest BCUT2D eigenvalue weighted by Crippen LogP contribution is -1.85. The minimum Gasteiger partial charge on any atom is -0.287 e. The van der Waals surface area contributed by atoms with Crippen LogP contribution in [0.15, 0.2) is 47.9 Å². The number of hydrogen-bond acceptors (Lipinski definition) is 2. The second kappa shape index (κ2) is 4.54. The van der Waals surface area contributed by atoms with Crippen molar-refractivity contribution in [2.75, 3.05) is 0 Å². The molecule has 16 heavy (non-hydrogen) atoms. The Morgan fingerprint density at radius 1 is 1.19 bits per heavy atom. The van der Waals surface area contributed by atoms with Gasteiger partial charge in [0.25, 0.3) is 0 Å². The molecule has 2 rings (SSSR count). The molecule has 1 nitrogen and oxygen atoms in total. The van der Waals surface area contributed by atoms with Gasteiger partial charge in [-0.2, -0.15) is 0 Å². The molecule has 0 unspecified atom stereocenters. The Bertz CT molecular complexity index is 558. The van der Waals surface area contributed by atoms with Crippen LogP contribution in [0.25, 0.3) is 16.8 Å². The molecule has 0 saturated carbocycles. The summed E-state index contributed by atoms with van der Waals surface area (Å²) in [5, 5.41) is 2.36. The van der Waals surface area contributed by atoms with Gasteiger partial charge in [-0.25, -0.2) is 0 Å². The molecule has 0 aliphatic heterocycles. The third kappa shape index (κ3) is 2.02. The topological polar surface area (TPSA) is 17.1 Å². The summed E-state index contributed by atoms with van der Waals surface area (Å²) in [5.74, 6) is 0. The summed E-state index contributed by atoms with van der Waals surface area (Å²) in [6, 6.07) is 12.0. The number of hydrogen-bond donors (Lipinski definition) is 0. The van der Waals surface area contributed by atoms with E-state index in [0.717, 1.165) is 21.2 Å². The molecule has 0 bridgehead atoms. The zero-order chi connectivity index (χ0) is 11.5. The van der Waals surface area contributed by atoms with Crippen LogP contribution in [-0.2, 0) is 4.79 Å². The summed E-state index contributed by atoms with van der Waals surface area (Å²) in [5.41, 5.74) is 1.10. The lowest BCUT2D eigenvalue weighted by molar-refractivity contribution is -0.109. The molecule has 0 aromatic heterocycles. The Morgan fingerprint density at radius 3 is 2.56 bits per heavy atom.